The largest absolute Gasteiger partial charge is 0.411 e. The number of nitrogens with one attached hydrogen (secondary N) is 2. The summed E-state index contributed by atoms with van der Waals surface area (Å²) in [4.78, 5) is 0. The van der Waals surface area contributed by atoms with Gasteiger partial charge < -0.3 is 10.5 Å². The topological polar surface area (TPSA) is 156 Å². The number of hydrogen-bond acceptors (Lipinski definition) is 8. The molecule has 1 aromatic carbocycles. The van der Waals surface area contributed by atoms with Crippen molar-refractivity contribution in [2.75, 3.05) is 18.4 Å². The standard InChI is InChI=1S/C20H28BrFN6O4S/c21-16-11-15(5-6-17(16)22)12-18(26-29)19-20(28-32-27-19)24-9-7-13-1-3-14(4-2-13)8-10-25-33(23,30)31/h5-6,11,13-14,25,29H,1-4,7-10,12H2,(H,24,28)(H2,23,30,31). The predicted octanol–water partition coefficient (Wildman–Crippen LogP) is 3.18. The molecule has 0 atom stereocenters. The Hall–Kier alpha value is -2.09. The lowest BCUT2D eigenvalue weighted by molar-refractivity contribution is 0.257. The van der Waals surface area contributed by atoms with E-state index in [1.165, 1.54) is 6.07 Å². The number of anilines is 1. The van der Waals surface area contributed by atoms with Crippen LogP contribution >= 0.6 is 15.9 Å². The molecule has 1 heterocycles. The molecule has 182 valence electrons. The van der Waals surface area contributed by atoms with Gasteiger partial charge in [-0.1, -0.05) is 36.9 Å². The zero-order valence-corrected chi connectivity index (χ0v) is 20.4. The number of halogens is 2. The summed E-state index contributed by atoms with van der Waals surface area (Å²) >= 11 is 3.15. The summed E-state index contributed by atoms with van der Waals surface area (Å²) in [5.74, 6) is 1.09. The third kappa shape index (κ3) is 8.02. The van der Waals surface area contributed by atoms with Gasteiger partial charge in [-0.3, -0.25) is 0 Å². The van der Waals surface area contributed by atoms with Gasteiger partial charge in [0.2, 0.25) is 0 Å². The molecule has 1 aliphatic carbocycles. The van der Waals surface area contributed by atoms with Gasteiger partial charge in [-0.2, -0.15) is 8.42 Å². The first-order valence-corrected chi connectivity index (χ1v) is 13.1. The molecule has 0 saturated heterocycles. The average Bonchev–Trinajstić information content (AvgIpc) is 3.23. The van der Waals surface area contributed by atoms with E-state index in [9.17, 15) is 18.0 Å². The highest BCUT2D eigenvalue weighted by Crippen LogP contribution is 2.32. The normalized spacial score (nSPS) is 19.5. The van der Waals surface area contributed by atoms with Gasteiger partial charge in [0.1, 0.15) is 11.5 Å². The summed E-state index contributed by atoms with van der Waals surface area (Å²) < 4.78 is 42.9. The van der Waals surface area contributed by atoms with Crippen LogP contribution in [0.15, 0.2) is 32.5 Å². The van der Waals surface area contributed by atoms with E-state index in [2.05, 4.69) is 41.4 Å². The van der Waals surface area contributed by atoms with Gasteiger partial charge in [0.05, 0.1) is 4.47 Å². The Morgan fingerprint density at radius 2 is 1.88 bits per heavy atom. The molecule has 0 unspecified atom stereocenters. The minimum absolute atomic E-state index is 0.225. The molecular formula is C20H28BrFN6O4S. The van der Waals surface area contributed by atoms with Gasteiger partial charge in [0.25, 0.3) is 10.2 Å². The molecule has 5 N–H and O–H groups in total. The van der Waals surface area contributed by atoms with Crippen molar-refractivity contribution in [1.29, 1.82) is 0 Å². The van der Waals surface area contributed by atoms with Gasteiger partial charge in [0.15, 0.2) is 11.5 Å². The SMILES string of the molecule is NS(=O)(=O)NCCC1CCC(CCNc2nonc2C(Cc2ccc(F)c(Br)c2)=NO)CC1. The van der Waals surface area contributed by atoms with E-state index in [0.29, 0.717) is 40.9 Å². The molecule has 0 amide bonds. The van der Waals surface area contributed by atoms with E-state index in [-0.39, 0.29) is 17.9 Å². The summed E-state index contributed by atoms with van der Waals surface area (Å²) in [6.07, 6.45) is 6.23. The maximum atomic E-state index is 13.5. The average molecular weight is 547 g/mol. The van der Waals surface area contributed by atoms with Crippen LogP contribution in [0.25, 0.3) is 0 Å². The van der Waals surface area contributed by atoms with E-state index < -0.39 is 10.2 Å². The van der Waals surface area contributed by atoms with Crippen molar-refractivity contribution in [1.82, 2.24) is 15.0 Å². The Labute approximate surface area is 200 Å². The zero-order valence-electron chi connectivity index (χ0n) is 18.0. The number of hydrogen-bond donors (Lipinski definition) is 4. The quantitative estimate of drug-likeness (QED) is 0.191. The second-order valence-corrected chi connectivity index (χ2v) is 10.5. The summed E-state index contributed by atoms with van der Waals surface area (Å²) in [6, 6.07) is 4.55. The number of nitrogens with two attached hydrogens (primary N) is 1. The van der Waals surface area contributed by atoms with Crippen LogP contribution in [-0.4, -0.2) is 42.7 Å². The van der Waals surface area contributed by atoms with Gasteiger partial charge >= 0.3 is 0 Å². The number of nitrogens with zero attached hydrogens (tertiary/aromatic N) is 3. The first kappa shape index (κ1) is 25.5. The minimum Gasteiger partial charge on any atom is -0.411 e. The molecule has 1 aromatic heterocycles. The predicted molar refractivity (Wildman–Crippen MR) is 125 cm³/mol. The Balaban J connectivity index is 1.45. The van der Waals surface area contributed by atoms with E-state index in [1.54, 1.807) is 12.1 Å². The van der Waals surface area contributed by atoms with Crippen molar-refractivity contribution in [2.24, 2.45) is 22.1 Å². The molecular weight excluding hydrogens is 519 g/mol. The number of benzene rings is 1. The molecule has 1 fully saturated rings. The lowest BCUT2D eigenvalue weighted by Gasteiger charge is -2.28. The number of oxime groups is 1. The van der Waals surface area contributed by atoms with Crippen LogP contribution in [0, 0.1) is 17.7 Å². The third-order valence-corrected chi connectivity index (χ3v) is 7.12. The van der Waals surface area contributed by atoms with Gasteiger partial charge in [-0.05, 0) is 68.6 Å². The molecule has 10 nitrogen and oxygen atoms in total. The van der Waals surface area contributed by atoms with Crippen molar-refractivity contribution in [3.63, 3.8) is 0 Å². The second-order valence-electron chi connectivity index (χ2n) is 8.26. The molecule has 0 spiro atoms. The van der Waals surface area contributed by atoms with Crippen LogP contribution in [0.3, 0.4) is 0 Å². The van der Waals surface area contributed by atoms with Crippen LogP contribution in [0.5, 0.6) is 0 Å². The van der Waals surface area contributed by atoms with Crippen molar-refractivity contribution in [3.05, 3.63) is 39.7 Å². The van der Waals surface area contributed by atoms with E-state index in [1.807, 2.05) is 0 Å². The van der Waals surface area contributed by atoms with Crippen molar-refractivity contribution in [3.8, 4) is 0 Å². The van der Waals surface area contributed by atoms with E-state index >= 15 is 0 Å². The lowest BCUT2D eigenvalue weighted by atomic mass is 9.79. The van der Waals surface area contributed by atoms with Gasteiger partial charge in [-0.25, -0.2) is 18.9 Å². The summed E-state index contributed by atoms with van der Waals surface area (Å²) in [7, 11) is -3.62. The van der Waals surface area contributed by atoms with Gasteiger partial charge in [-0.15, -0.1) is 0 Å². The maximum absolute atomic E-state index is 13.5. The Bertz CT molecular complexity index is 1060. The minimum atomic E-state index is -3.62. The third-order valence-electron chi connectivity index (χ3n) is 5.91. The van der Waals surface area contributed by atoms with E-state index in [0.717, 1.165) is 44.1 Å². The fraction of sp³-hybridized carbons (Fsp3) is 0.550. The Morgan fingerprint density at radius 1 is 1.21 bits per heavy atom. The first-order chi connectivity index (χ1) is 15.7. The molecule has 1 saturated carbocycles. The maximum Gasteiger partial charge on any atom is 0.274 e. The van der Waals surface area contributed by atoms with Crippen molar-refractivity contribution >= 4 is 37.7 Å². The molecule has 1 aliphatic rings. The van der Waals surface area contributed by atoms with Crippen molar-refractivity contribution < 1.29 is 22.6 Å². The van der Waals surface area contributed by atoms with Crippen LogP contribution in [-0.2, 0) is 16.6 Å². The molecule has 13 heteroatoms. The van der Waals surface area contributed by atoms with Crippen LogP contribution in [0.4, 0.5) is 10.2 Å². The van der Waals surface area contributed by atoms with Crippen LogP contribution < -0.4 is 15.2 Å². The lowest BCUT2D eigenvalue weighted by Crippen LogP contribution is -2.32. The van der Waals surface area contributed by atoms with Crippen LogP contribution in [0.1, 0.15) is 49.8 Å². The smallest absolute Gasteiger partial charge is 0.274 e. The summed E-state index contributed by atoms with van der Waals surface area (Å²) in [5, 5.41) is 28.7. The fourth-order valence-electron chi connectivity index (χ4n) is 4.11. The highest BCUT2D eigenvalue weighted by Gasteiger charge is 2.22. The molecule has 3 rings (SSSR count). The summed E-state index contributed by atoms with van der Waals surface area (Å²) in [6.45, 7) is 1.03. The van der Waals surface area contributed by atoms with Crippen molar-refractivity contribution in [2.45, 2.75) is 44.9 Å². The highest BCUT2D eigenvalue weighted by molar-refractivity contribution is 9.10. The molecule has 2 aromatic rings. The van der Waals surface area contributed by atoms with Gasteiger partial charge in [0, 0.05) is 19.5 Å². The fourth-order valence-corrected chi connectivity index (χ4v) is 4.94. The molecule has 33 heavy (non-hydrogen) atoms. The highest BCUT2D eigenvalue weighted by atomic mass is 79.9. The molecule has 0 radical (unpaired) electrons. The Kier molecular flexibility index (Phi) is 9.18. The van der Waals surface area contributed by atoms with E-state index in [4.69, 9.17) is 9.77 Å². The number of rotatable bonds is 11. The van der Waals surface area contributed by atoms with Crippen LogP contribution in [0.2, 0.25) is 0 Å². The molecule has 0 bridgehead atoms. The zero-order chi connectivity index (χ0) is 23.8. The Morgan fingerprint density at radius 3 is 2.48 bits per heavy atom. The first-order valence-electron chi connectivity index (χ1n) is 10.7. The molecule has 0 aliphatic heterocycles. The summed E-state index contributed by atoms with van der Waals surface area (Å²) in [5.41, 5.74) is 1.30. The monoisotopic (exact) mass is 546 g/mol. The second kappa shape index (κ2) is 11.9. The number of aromatic nitrogens is 2.